The van der Waals surface area contributed by atoms with Crippen LogP contribution in [0.3, 0.4) is 0 Å². The zero-order chi connectivity index (χ0) is 30.8. The first-order valence-corrected chi connectivity index (χ1v) is 12.2. The Morgan fingerprint density at radius 1 is 0.829 bits per heavy atom. The summed E-state index contributed by atoms with van der Waals surface area (Å²) in [7, 11) is 0. The maximum absolute atomic E-state index is 12.2. The number of aromatic nitrogens is 2. The minimum Gasteiger partial charge on any atom is -0.367 e. The molecule has 0 radical (unpaired) electrons. The number of amides is 3. The van der Waals surface area contributed by atoms with Crippen molar-refractivity contribution in [3.63, 3.8) is 0 Å². The van der Waals surface area contributed by atoms with Crippen LogP contribution in [0.5, 0.6) is 0 Å². The molecule has 0 aliphatic rings. The number of nitrogens with one attached hydrogen (secondary N) is 3. The van der Waals surface area contributed by atoms with Gasteiger partial charge < -0.3 is 25.4 Å². The molecule has 0 saturated heterocycles. The molecule has 0 spiro atoms. The Balaban J connectivity index is 0.000000360. The molecular weight excluding hydrogens is 548 g/mol. The summed E-state index contributed by atoms with van der Waals surface area (Å²) in [6.45, 7) is 4.93. The summed E-state index contributed by atoms with van der Waals surface area (Å²) in [5.74, 6) is 0.825. The Kier molecular flexibility index (Phi) is 14.6. The summed E-state index contributed by atoms with van der Waals surface area (Å²) in [6, 6.07) is 18.0. The molecule has 11 nitrogen and oxygen atoms in total. The van der Waals surface area contributed by atoms with E-state index in [-0.39, 0.29) is 34.7 Å². The monoisotopic (exact) mass is 576 g/mol. The van der Waals surface area contributed by atoms with Gasteiger partial charge in [-0.1, -0.05) is 46.7 Å². The van der Waals surface area contributed by atoms with Gasteiger partial charge in [0.05, 0.1) is 11.4 Å². The number of halogens is 1. The van der Waals surface area contributed by atoms with Crippen LogP contribution in [0.2, 0.25) is 0 Å². The molecule has 2 aromatic heterocycles. The molecule has 41 heavy (non-hydrogen) atoms. The zero-order valence-corrected chi connectivity index (χ0v) is 23.4. The average Bonchev–Trinajstić information content (AvgIpc) is 3.51. The molecule has 0 atom stereocenters. The fraction of sp³-hybridized carbons (Fsp3) is 0.138. The number of anilines is 4. The van der Waals surface area contributed by atoms with Crippen molar-refractivity contribution in [1.82, 2.24) is 10.3 Å². The predicted molar refractivity (Wildman–Crippen MR) is 159 cm³/mol. The minimum atomic E-state index is -0.475. The number of hydrogen-bond acceptors (Lipinski definition) is 8. The van der Waals surface area contributed by atoms with Crippen LogP contribution in [0.1, 0.15) is 39.0 Å². The third kappa shape index (κ3) is 10.6. The highest BCUT2D eigenvalue weighted by molar-refractivity contribution is 6.29. The largest absolute Gasteiger partial charge is 0.367 e. The molecule has 212 valence electrons. The fourth-order valence-electron chi connectivity index (χ4n) is 2.98. The maximum atomic E-state index is 12.2. The van der Waals surface area contributed by atoms with Crippen molar-refractivity contribution in [2.45, 2.75) is 20.8 Å². The molecule has 0 unspecified atom stereocenters. The van der Waals surface area contributed by atoms with Crippen LogP contribution >= 0.6 is 11.6 Å². The molecule has 2 heterocycles. The highest BCUT2D eigenvalue weighted by atomic mass is 35.5. The van der Waals surface area contributed by atoms with E-state index in [0.717, 1.165) is 0 Å². The second-order valence-electron chi connectivity index (χ2n) is 7.59. The summed E-state index contributed by atoms with van der Waals surface area (Å²) < 4.78 is 9.65. The summed E-state index contributed by atoms with van der Waals surface area (Å²) in [4.78, 5) is 35.3. The van der Waals surface area contributed by atoms with Gasteiger partial charge in [0.2, 0.25) is 17.7 Å². The van der Waals surface area contributed by atoms with Crippen LogP contribution < -0.4 is 21.7 Å². The summed E-state index contributed by atoms with van der Waals surface area (Å²) in [5, 5.41) is 15.1. The Morgan fingerprint density at radius 2 is 1.24 bits per heavy atom. The lowest BCUT2D eigenvalue weighted by Crippen LogP contribution is -2.18. The van der Waals surface area contributed by atoms with Crippen LogP contribution in [0, 0.1) is 39.0 Å². The smallest absolute Gasteiger partial charge is 0.263 e. The molecule has 5 N–H and O–H groups in total. The van der Waals surface area contributed by atoms with Gasteiger partial charge in [-0.2, -0.15) is 0 Å². The second-order valence-corrected chi connectivity index (χ2v) is 7.86. The SMILES string of the molecule is C#C.C#CC.Cc1noc(N)c1C(=O)Nc1ccccc1.Cc1noc(NC(=O)CCl)c1C(=O)Nc1ccccc1. The third-order valence-corrected chi connectivity index (χ3v) is 4.89. The molecule has 0 fully saturated rings. The van der Waals surface area contributed by atoms with Gasteiger partial charge in [-0.05, 0) is 45.0 Å². The molecular formula is C29H29ClN6O5. The van der Waals surface area contributed by atoms with Crippen LogP contribution in [-0.2, 0) is 4.79 Å². The molecule has 0 bridgehead atoms. The van der Waals surface area contributed by atoms with Gasteiger partial charge in [0.15, 0.2) is 0 Å². The van der Waals surface area contributed by atoms with Crippen LogP contribution in [0.15, 0.2) is 69.7 Å². The molecule has 4 rings (SSSR count). The van der Waals surface area contributed by atoms with Crippen molar-refractivity contribution in [3.05, 3.63) is 83.2 Å². The van der Waals surface area contributed by atoms with Crippen LogP contribution in [0.25, 0.3) is 0 Å². The highest BCUT2D eigenvalue weighted by Gasteiger charge is 2.22. The quantitative estimate of drug-likeness (QED) is 0.181. The minimum absolute atomic E-state index is 0.0124. The number of nitrogens with two attached hydrogens (primary N) is 1. The highest BCUT2D eigenvalue weighted by Crippen LogP contribution is 2.21. The Hall–Kier alpha value is -5.52. The van der Waals surface area contributed by atoms with Crippen molar-refractivity contribution in [2.75, 3.05) is 27.6 Å². The first-order chi connectivity index (χ1) is 19.7. The lowest BCUT2D eigenvalue weighted by atomic mass is 10.2. The van der Waals surface area contributed by atoms with Gasteiger partial charge in [-0.25, -0.2) is 0 Å². The molecule has 0 aliphatic carbocycles. The van der Waals surface area contributed by atoms with Gasteiger partial charge in [-0.3, -0.25) is 19.7 Å². The number of benzene rings is 2. The molecule has 12 heteroatoms. The lowest BCUT2D eigenvalue weighted by molar-refractivity contribution is -0.114. The van der Waals surface area contributed by atoms with Gasteiger partial charge in [0.1, 0.15) is 17.0 Å². The van der Waals surface area contributed by atoms with Gasteiger partial charge >= 0.3 is 0 Å². The lowest BCUT2D eigenvalue weighted by Gasteiger charge is -2.05. The molecule has 0 saturated carbocycles. The summed E-state index contributed by atoms with van der Waals surface area (Å²) >= 11 is 5.40. The Morgan fingerprint density at radius 3 is 1.66 bits per heavy atom. The molecule has 0 aliphatic heterocycles. The third-order valence-electron chi connectivity index (χ3n) is 4.64. The van der Waals surface area contributed by atoms with Crippen LogP contribution in [0.4, 0.5) is 23.1 Å². The van der Waals surface area contributed by atoms with Gasteiger partial charge in [0, 0.05) is 11.4 Å². The normalized spacial score (nSPS) is 9.10. The number of carbonyl (C=O) groups excluding carboxylic acids is 3. The predicted octanol–water partition coefficient (Wildman–Crippen LogP) is 5.12. The first kappa shape index (κ1) is 33.5. The van der Waals surface area contributed by atoms with E-state index in [4.69, 9.17) is 26.4 Å². The van der Waals surface area contributed by atoms with Crippen LogP contribution in [-0.4, -0.2) is 33.9 Å². The number of terminal acetylenes is 2. The second kappa shape index (κ2) is 17.9. The molecule has 3 amide bonds. The molecule has 2 aromatic carbocycles. The number of nitrogens with zero attached hydrogens (tertiary/aromatic N) is 2. The number of alkyl halides is 1. The summed E-state index contributed by atoms with van der Waals surface area (Å²) in [5.41, 5.74) is 8.15. The van der Waals surface area contributed by atoms with Gasteiger partial charge in [0.25, 0.3) is 11.8 Å². The topological polar surface area (TPSA) is 165 Å². The Bertz CT molecular complexity index is 1450. The molecule has 4 aromatic rings. The van der Waals surface area contributed by atoms with Gasteiger partial charge in [-0.15, -0.1) is 36.8 Å². The van der Waals surface area contributed by atoms with E-state index in [9.17, 15) is 14.4 Å². The zero-order valence-electron chi connectivity index (χ0n) is 22.6. The van der Waals surface area contributed by atoms with E-state index in [1.165, 1.54) is 0 Å². The number of rotatable bonds is 6. The number of para-hydroxylation sites is 2. The van der Waals surface area contributed by atoms with E-state index < -0.39 is 11.8 Å². The van der Waals surface area contributed by atoms with E-state index in [1.807, 2.05) is 24.3 Å². The summed E-state index contributed by atoms with van der Waals surface area (Å²) in [6.07, 6.45) is 12.6. The van der Waals surface area contributed by atoms with Crippen molar-refractivity contribution in [3.8, 4) is 25.2 Å². The van der Waals surface area contributed by atoms with E-state index in [2.05, 4.69) is 51.5 Å². The van der Waals surface area contributed by atoms with E-state index in [0.29, 0.717) is 22.8 Å². The van der Waals surface area contributed by atoms with E-state index >= 15 is 0 Å². The number of nitrogen functional groups attached to an aromatic ring is 1. The van der Waals surface area contributed by atoms with Crippen molar-refractivity contribution >= 4 is 52.5 Å². The van der Waals surface area contributed by atoms with Crippen molar-refractivity contribution in [1.29, 1.82) is 0 Å². The number of carbonyl (C=O) groups is 3. The number of hydrogen-bond donors (Lipinski definition) is 4. The maximum Gasteiger partial charge on any atom is 0.263 e. The van der Waals surface area contributed by atoms with E-state index in [1.54, 1.807) is 57.2 Å². The number of aryl methyl sites for hydroxylation is 2. The standard InChI is InChI=1S/C13H12ClN3O3.C11H11N3O2.C3H4.C2H2/c1-8-11(13(20-17-8)16-10(18)7-14)12(19)15-9-5-3-2-4-6-9;1-7-9(10(12)16-14-7)11(15)13-8-5-3-2-4-6-8;1-3-2;1-2/h2-6H,7H2,1H3,(H,15,19)(H,16,18);2-6H,12H2,1H3,(H,13,15);1H,2H3;1-2H. The first-order valence-electron chi connectivity index (χ1n) is 11.7. The average molecular weight is 577 g/mol. The van der Waals surface area contributed by atoms with Crippen molar-refractivity contribution in [2.24, 2.45) is 0 Å². The fourth-order valence-corrected chi connectivity index (χ4v) is 3.04. The van der Waals surface area contributed by atoms with Crippen molar-refractivity contribution < 1.29 is 23.4 Å². The Labute approximate surface area is 242 Å².